The molecule has 0 spiro atoms. The molecule has 1 aromatic carbocycles. The van der Waals surface area contributed by atoms with Crippen LogP contribution >= 0.6 is 11.6 Å². The quantitative estimate of drug-likeness (QED) is 0.799. The van der Waals surface area contributed by atoms with Crippen LogP contribution < -0.4 is 0 Å². The second kappa shape index (κ2) is 5.53. The van der Waals surface area contributed by atoms with Crippen LogP contribution in [-0.4, -0.2) is 18.0 Å². The second-order valence-electron chi connectivity index (χ2n) is 4.80. The molecule has 1 aromatic rings. The van der Waals surface area contributed by atoms with Gasteiger partial charge < -0.3 is 0 Å². The fourth-order valence-electron chi connectivity index (χ4n) is 2.30. The van der Waals surface area contributed by atoms with Crippen molar-refractivity contribution in [3.8, 4) is 6.07 Å². The summed E-state index contributed by atoms with van der Waals surface area (Å²) >= 11 is 5.87. The van der Waals surface area contributed by atoms with Crippen LogP contribution in [0, 0.1) is 17.2 Å². The molecule has 0 aliphatic carbocycles. The van der Waals surface area contributed by atoms with Crippen LogP contribution in [-0.2, 0) is 0 Å². The zero-order chi connectivity index (χ0) is 12.3. The summed E-state index contributed by atoms with van der Waals surface area (Å²) in [5, 5.41) is 10.1. The Labute approximate surface area is 108 Å². The van der Waals surface area contributed by atoms with Gasteiger partial charge >= 0.3 is 0 Å². The molecule has 0 aromatic heterocycles. The van der Waals surface area contributed by atoms with Crippen LogP contribution in [0.5, 0.6) is 0 Å². The van der Waals surface area contributed by atoms with Crippen LogP contribution in [0.1, 0.15) is 31.4 Å². The third kappa shape index (κ3) is 3.00. The monoisotopic (exact) mass is 248 g/mol. The molecule has 0 radical (unpaired) electrons. The Kier molecular flexibility index (Phi) is 4.04. The van der Waals surface area contributed by atoms with Crippen molar-refractivity contribution in [2.24, 2.45) is 5.92 Å². The summed E-state index contributed by atoms with van der Waals surface area (Å²) in [6.07, 6.45) is 2.37. The lowest BCUT2D eigenvalue weighted by molar-refractivity contribution is 0.165. The molecule has 0 bridgehead atoms. The fourth-order valence-corrected chi connectivity index (χ4v) is 2.42. The first-order valence-corrected chi connectivity index (χ1v) is 6.47. The van der Waals surface area contributed by atoms with Gasteiger partial charge in [0.25, 0.3) is 0 Å². The van der Waals surface area contributed by atoms with E-state index in [1.165, 1.54) is 12.8 Å². The number of benzene rings is 1. The van der Waals surface area contributed by atoms with E-state index < -0.39 is 0 Å². The molecule has 17 heavy (non-hydrogen) atoms. The Morgan fingerprint density at radius 2 is 1.88 bits per heavy atom. The van der Waals surface area contributed by atoms with Crippen molar-refractivity contribution in [2.75, 3.05) is 13.1 Å². The molecule has 1 heterocycles. The molecular formula is C14H17ClN2. The minimum Gasteiger partial charge on any atom is -0.284 e. The van der Waals surface area contributed by atoms with Gasteiger partial charge in [0.2, 0.25) is 0 Å². The molecule has 90 valence electrons. The van der Waals surface area contributed by atoms with Crippen molar-refractivity contribution in [3.63, 3.8) is 0 Å². The van der Waals surface area contributed by atoms with Gasteiger partial charge in [-0.05, 0) is 49.5 Å². The Balaban J connectivity index is 2.11. The van der Waals surface area contributed by atoms with Crippen LogP contribution in [0.4, 0.5) is 0 Å². The van der Waals surface area contributed by atoms with Crippen molar-refractivity contribution >= 4 is 11.6 Å². The van der Waals surface area contributed by atoms with E-state index in [2.05, 4.69) is 17.9 Å². The van der Waals surface area contributed by atoms with Crippen molar-refractivity contribution in [1.82, 2.24) is 4.90 Å². The van der Waals surface area contributed by atoms with Gasteiger partial charge in [0.1, 0.15) is 6.04 Å². The normalized spacial score (nSPS) is 19.8. The third-order valence-corrected chi connectivity index (χ3v) is 3.74. The van der Waals surface area contributed by atoms with E-state index in [-0.39, 0.29) is 6.04 Å². The third-order valence-electron chi connectivity index (χ3n) is 3.49. The molecule has 1 aliphatic rings. The van der Waals surface area contributed by atoms with E-state index in [0.717, 1.165) is 29.6 Å². The molecule has 0 saturated carbocycles. The maximum absolute atomic E-state index is 9.34. The van der Waals surface area contributed by atoms with Crippen molar-refractivity contribution in [2.45, 2.75) is 25.8 Å². The zero-order valence-corrected chi connectivity index (χ0v) is 10.8. The van der Waals surface area contributed by atoms with Gasteiger partial charge in [0, 0.05) is 5.02 Å². The molecular weight excluding hydrogens is 232 g/mol. The summed E-state index contributed by atoms with van der Waals surface area (Å²) in [5.74, 6) is 0.788. The average Bonchev–Trinajstić information content (AvgIpc) is 2.35. The Morgan fingerprint density at radius 3 is 2.41 bits per heavy atom. The van der Waals surface area contributed by atoms with Gasteiger partial charge in [-0.2, -0.15) is 5.26 Å². The van der Waals surface area contributed by atoms with Gasteiger partial charge in [-0.3, -0.25) is 4.90 Å². The Hall–Kier alpha value is -1.04. The summed E-state index contributed by atoms with van der Waals surface area (Å²) < 4.78 is 0. The predicted octanol–water partition coefficient (Wildman–Crippen LogP) is 3.64. The number of halogens is 1. The van der Waals surface area contributed by atoms with Crippen LogP contribution in [0.15, 0.2) is 24.3 Å². The first kappa shape index (κ1) is 12.4. The summed E-state index contributed by atoms with van der Waals surface area (Å²) in [5.41, 5.74) is 1.05. The summed E-state index contributed by atoms with van der Waals surface area (Å²) in [6, 6.07) is 9.90. The zero-order valence-electron chi connectivity index (χ0n) is 10.1. The number of nitriles is 1. The standard InChI is InChI=1S/C14H17ClN2/c1-11-6-8-17(9-7-11)14(10-16)12-2-4-13(15)5-3-12/h2-5,11,14H,6-9H2,1H3. The lowest BCUT2D eigenvalue weighted by Gasteiger charge is -2.33. The number of rotatable bonds is 2. The number of hydrogen-bond donors (Lipinski definition) is 0. The van der Waals surface area contributed by atoms with E-state index in [1.807, 2.05) is 24.3 Å². The summed E-state index contributed by atoms with van der Waals surface area (Å²) in [7, 11) is 0. The van der Waals surface area contributed by atoms with Gasteiger partial charge in [-0.1, -0.05) is 30.7 Å². The van der Waals surface area contributed by atoms with Crippen LogP contribution in [0.25, 0.3) is 0 Å². The number of piperidine rings is 1. The van der Waals surface area contributed by atoms with E-state index >= 15 is 0 Å². The first-order chi connectivity index (χ1) is 8.20. The predicted molar refractivity (Wildman–Crippen MR) is 69.8 cm³/mol. The largest absolute Gasteiger partial charge is 0.284 e. The molecule has 1 unspecified atom stereocenters. The highest BCUT2D eigenvalue weighted by atomic mass is 35.5. The van der Waals surface area contributed by atoms with E-state index in [1.54, 1.807) is 0 Å². The van der Waals surface area contributed by atoms with Gasteiger partial charge in [0.15, 0.2) is 0 Å². The van der Waals surface area contributed by atoms with Crippen LogP contribution in [0.3, 0.4) is 0 Å². The average molecular weight is 249 g/mol. The molecule has 1 aliphatic heterocycles. The highest BCUT2D eigenvalue weighted by Crippen LogP contribution is 2.26. The Bertz CT molecular complexity index is 399. The minimum atomic E-state index is -0.125. The Morgan fingerprint density at radius 1 is 1.29 bits per heavy atom. The molecule has 1 atom stereocenters. The molecule has 3 heteroatoms. The lowest BCUT2D eigenvalue weighted by Crippen LogP contribution is -2.35. The highest BCUT2D eigenvalue weighted by Gasteiger charge is 2.24. The SMILES string of the molecule is CC1CCN(C(C#N)c2ccc(Cl)cc2)CC1. The number of likely N-dealkylation sites (tertiary alicyclic amines) is 1. The van der Waals surface area contributed by atoms with Crippen molar-refractivity contribution < 1.29 is 0 Å². The highest BCUT2D eigenvalue weighted by molar-refractivity contribution is 6.30. The maximum atomic E-state index is 9.34. The molecule has 1 saturated heterocycles. The van der Waals surface area contributed by atoms with Gasteiger partial charge in [-0.25, -0.2) is 0 Å². The summed E-state index contributed by atoms with van der Waals surface area (Å²) in [4.78, 5) is 2.27. The first-order valence-electron chi connectivity index (χ1n) is 6.10. The molecule has 2 nitrogen and oxygen atoms in total. The maximum Gasteiger partial charge on any atom is 0.123 e. The van der Waals surface area contributed by atoms with Gasteiger partial charge in [-0.15, -0.1) is 0 Å². The summed E-state index contributed by atoms with van der Waals surface area (Å²) in [6.45, 7) is 4.31. The lowest BCUT2D eigenvalue weighted by atomic mass is 9.96. The smallest absolute Gasteiger partial charge is 0.123 e. The van der Waals surface area contributed by atoms with Gasteiger partial charge in [0.05, 0.1) is 6.07 Å². The van der Waals surface area contributed by atoms with E-state index in [9.17, 15) is 5.26 Å². The fraction of sp³-hybridized carbons (Fsp3) is 0.500. The molecule has 0 amide bonds. The van der Waals surface area contributed by atoms with Crippen LogP contribution in [0.2, 0.25) is 5.02 Å². The van der Waals surface area contributed by atoms with E-state index in [0.29, 0.717) is 0 Å². The molecule has 1 fully saturated rings. The van der Waals surface area contributed by atoms with E-state index in [4.69, 9.17) is 11.6 Å². The number of nitrogens with zero attached hydrogens (tertiary/aromatic N) is 2. The molecule has 2 rings (SSSR count). The second-order valence-corrected chi connectivity index (χ2v) is 5.24. The minimum absolute atomic E-state index is 0.125. The van der Waals surface area contributed by atoms with Crippen molar-refractivity contribution in [3.05, 3.63) is 34.9 Å². The topological polar surface area (TPSA) is 27.0 Å². The number of hydrogen-bond acceptors (Lipinski definition) is 2. The molecule has 0 N–H and O–H groups in total. The van der Waals surface area contributed by atoms with Crippen molar-refractivity contribution in [1.29, 1.82) is 5.26 Å².